The van der Waals surface area contributed by atoms with Gasteiger partial charge in [-0.2, -0.15) is 10.2 Å². The maximum Gasteiger partial charge on any atom is 0.233 e. The van der Waals surface area contributed by atoms with Crippen LogP contribution >= 0.6 is 0 Å². The van der Waals surface area contributed by atoms with Crippen LogP contribution in [0.2, 0.25) is 0 Å². The third kappa shape index (κ3) is 3.48. The van der Waals surface area contributed by atoms with Gasteiger partial charge in [-0.1, -0.05) is 0 Å². The van der Waals surface area contributed by atoms with Crippen molar-refractivity contribution in [3.63, 3.8) is 0 Å². The Bertz CT molecular complexity index is 571. The Morgan fingerprint density at radius 1 is 0.842 bits per heavy atom. The van der Waals surface area contributed by atoms with Crippen molar-refractivity contribution >= 4 is 23.3 Å². The number of benzene rings is 2. The Morgan fingerprint density at radius 3 is 1.74 bits per heavy atom. The summed E-state index contributed by atoms with van der Waals surface area (Å²) in [5.74, 6) is 0. The highest BCUT2D eigenvalue weighted by atomic mass is 16.1. The van der Waals surface area contributed by atoms with Gasteiger partial charge in [0, 0.05) is 25.3 Å². The van der Waals surface area contributed by atoms with Crippen LogP contribution < -0.4 is 4.90 Å². The first-order valence-corrected chi connectivity index (χ1v) is 5.86. The first kappa shape index (κ1) is 13.0. The van der Waals surface area contributed by atoms with Gasteiger partial charge < -0.3 is 4.90 Å². The normalized spacial score (nSPS) is 10.6. The Kier molecular flexibility index (Phi) is 4.03. The van der Waals surface area contributed by atoms with Gasteiger partial charge in [0.15, 0.2) is 0 Å². The van der Waals surface area contributed by atoms with E-state index in [4.69, 9.17) is 0 Å². The Morgan fingerprint density at radius 2 is 1.32 bits per heavy atom. The number of azo groups is 1. The molecule has 2 aromatic rings. The smallest absolute Gasteiger partial charge is 0.233 e. The van der Waals surface area contributed by atoms with Crippen LogP contribution in [0.4, 0.5) is 17.1 Å². The summed E-state index contributed by atoms with van der Waals surface area (Å²) in [6.45, 7) is 0. The minimum absolute atomic E-state index is 0.509. The summed E-state index contributed by atoms with van der Waals surface area (Å²) in [7, 11) is 3.98. The predicted molar refractivity (Wildman–Crippen MR) is 76.2 cm³/mol. The maximum atomic E-state index is 10.4. The molecule has 0 aliphatic carbocycles. The van der Waals surface area contributed by atoms with Gasteiger partial charge in [-0.25, -0.2) is 0 Å². The lowest BCUT2D eigenvalue weighted by molar-refractivity contribution is 0.563. The van der Waals surface area contributed by atoms with Crippen LogP contribution in [0.3, 0.4) is 0 Å². The van der Waals surface area contributed by atoms with Crippen LogP contribution in [0.5, 0.6) is 0 Å². The number of rotatable bonds is 4. The maximum absolute atomic E-state index is 10.4. The van der Waals surface area contributed by atoms with E-state index in [9.17, 15) is 4.79 Å². The van der Waals surface area contributed by atoms with Gasteiger partial charge in [0.05, 0.1) is 11.4 Å². The van der Waals surface area contributed by atoms with Gasteiger partial charge in [0.2, 0.25) is 6.29 Å². The lowest BCUT2D eigenvalue weighted by Crippen LogP contribution is -2.07. The molecule has 0 atom stereocenters. The molecule has 0 saturated heterocycles. The summed E-state index contributed by atoms with van der Waals surface area (Å²) in [6.07, 6.45) is 1.82. The van der Waals surface area contributed by atoms with Gasteiger partial charge in [0.1, 0.15) is 0 Å². The van der Waals surface area contributed by atoms with E-state index in [1.165, 1.54) is 0 Å². The van der Waals surface area contributed by atoms with E-state index in [0.717, 1.165) is 11.4 Å². The van der Waals surface area contributed by atoms with Crippen LogP contribution in [-0.4, -0.2) is 20.4 Å². The van der Waals surface area contributed by atoms with Crippen LogP contribution in [0.1, 0.15) is 5.56 Å². The standard InChI is InChI=1S/C15H14N3O/c1-18(2)15-9-7-14(8-10-15)17-16-13-5-3-12(11-19)4-6-13/h3-10H,1-2H3. The van der Waals surface area contributed by atoms with Gasteiger partial charge >= 0.3 is 0 Å². The molecule has 2 aromatic carbocycles. The Labute approximate surface area is 112 Å². The van der Waals surface area contributed by atoms with E-state index < -0.39 is 0 Å². The summed E-state index contributed by atoms with van der Waals surface area (Å²) < 4.78 is 0. The molecule has 2 rings (SSSR count). The van der Waals surface area contributed by atoms with Gasteiger partial charge in [-0.15, -0.1) is 0 Å². The van der Waals surface area contributed by atoms with E-state index >= 15 is 0 Å². The molecule has 0 spiro atoms. The summed E-state index contributed by atoms with van der Waals surface area (Å²) in [5.41, 5.74) is 3.12. The molecule has 95 valence electrons. The van der Waals surface area contributed by atoms with Gasteiger partial charge in [-0.05, 0) is 48.5 Å². The fourth-order valence-corrected chi connectivity index (χ4v) is 1.53. The molecule has 0 saturated carbocycles. The third-order valence-corrected chi connectivity index (χ3v) is 2.63. The van der Waals surface area contributed by atoms with Crippen molar-refractivity contribution in [3.8, 4) is 0 Å². The average Bonchev–Trinajstić information content (AvgIpc) is 2.46. The molecule has 0 unspecified atom stereocenters. The molecule has 0 bridgehead atoms. The zero-order chi connectivity index (χ0) is 13.7. The monoisotopic (exact) mass is 252 g/mol. The fraction of sp³-hybridized carbons (Fsp3) is 0.133. The Balaban J connectivity index is 2.10. The zero-order valence-corrected chi connectivity index (χ0v) is 10.9. The minimum Gasteiger partial charge on any atom is -0.378 e. The van der Waals surface area contributed by atoms with E-state index in [1.54, 1.807) is 24.3 Å². The van der Waals surface area contributed by atoms with Crippen molar-refractivity contribution in [1.82, 2.24) is 0 Å². The van der Waals surface area contributed by atoms with Crippen LogP contribution in [0.15, 0.2) is 58.8 Å². The highest BCUT2D eigenvalue weighted by Crippen LogP contribution is 2.21. The summed E-state index contributed by atoms with van der Waals surface area (Å²) in [5, 5.41) is 8.25. The SMILES string of the molecule is CN(C)c1ccc(N=Nc2ccc([C]=O)cc2)cc1. The second kappa shape index (κ2) is 5.91. The Hall–Kier alpha value is -2.49. The molecular weight excluding hydrogens is 238 g/mol. The number of anilines is 1. The van der Waals surface area contributed by atoms with E-state index in [2.05, 4.69) is 10.2 Å². The molecule has 0 aliphatic heterocycles. The first-order valence-electron chi connectivity index (χ1n) is 5.86. The van der Waals surface area contributed by atoms with Crippen molar-refractivity contribution in [2.24, 2.45) is 10.2 Å². The number of hydrogen-bond donors (Lipinski definition) is 0. The molecular formula is C15H14N3O. The number of nitrogens with zero attached hydrogens (tertiary/aromatic N) is 3. The molecule has 1 radical (unpaired) electrons. The van der Waals surface area contributed by atoms with Crippen molar-refractivity contribution in [3.05, 3.63) is 54.1 Å². The lowest BCUT2D eigenvalue weighted by Gasteiger charge is -2.11. The van der Waals surface area contributed by atoms with Crippen LogP contribution in [-0.2, 0) is 4.79 Å². The molecule has 4 heteroatoms. The van der Waals surface area contributed by atoms with Crippen LogP contribution in [0.25, 0.3) is 0 Å². The van der Waals surface area contributed by atoms with Crippen LogP contribution in [0, 0.1) is 0 Å². The molecule has 4 nitrogen and oxygen atoms in total. The minimum atomic E-state index is 0.509. The van der Waals surface area contributed by atoms with Crippen molar-refractivity contribution in [1.29, 1.82) is 0 Å². The number of hydrogen-bond acceptors (Lipinski definition) is 4. The molecule has 0 amide bonds. The zero-order valence-electron chi connectivity index (χ0n) is 10.9. The third-order valence-electron chi connectivity index (χ3n) is 2.63. The summed E-state index contributed by atoms with van der Waals surface area (Å²) in [6, 6.07) is 14.6. The molecule has 0 aromatic heterocycles. The van der Waals surface area contributed by atoms with Gasteiger partial charge in [-0.3, -0.25) is 4.79 Å². The summed E-state index contributed by atoms with van der Waals surface area (Å²) in [4.78, 5) is 12.4. The van der Waals surface area contributed by atoms with Crippen molar-refractivity contribution in [2.45, 2.75) is 0 Å². The largest absolute Gasteiger partial charge is 0.378 e. The topological polar surface area (TPSA) is 45.0 Å². The molecule has 0 aliphatic rings. The first-order chi connectivity index (χ1) is 9.19. The van der Waals surface area contributed by atoms with Crippen molar-refractivity contribution < 1.29 is 4.79 Å². The fourth-order valence-electron chi connectivity index (χ4n) is 1.53. The molecule has 0 fully saturated rings. The quantitative estimate of drug-likeness (QED) is 0.780. The molecule has 19 heavy (non-hydrogen) atoms. The molecule has 0 heterocycles. The lowest BCUT2D eigenvalue weighted by atomic mass is 10.2. The van der Waals surface area contributed by atoms with E-state index in [0.29, 0.717) is 11.3 Å². The number of carbonyl (C=O) groups excluding carboxylic acids is 1. The summed E-state index contributed by atoms with van der Waals surface area (Å²) >= 11 is 0. The van der Waals surface area contributed by atoms with Crippen molar-refractivity contribution in [2.75, 3.05) is 19.0 Å². The molecule has 0 N–H and O–H groups in total. The highest BCUT2D eigenvalue weighted by Gasteiger charge is 1.95. The second-order valence-electron chi connectivity index (χ2n) is 4.26. The predicted octanol–water partition coefficient (Wildman–Crippen LogP) is 3.63. The van der Waals surface area contributed by atoms with Gasteiger partial charge in [0.25, 0.3) is 0 Å². The van der Waals surface area contributed by atoms with E-state index in [1.807, 2.05) is 49.5 Å². The second-order valence-corrected chi connectivity index (χ2v) is 4.26. The van der Waals surface area contributed by atoms with E-state index in [-0.39, 0.29) is 0 Å². The highest BCUT2D eigenvalue weighted by molar-refractivity contribution is 5.75. The average molecular weight is 252 g/mol.